The van der Waals surface area contributed by atoms with Crippen molar-refractivity contribution in [3.8, 4) is 0 Å². The number of primary amides is 1. The quantitative estimate of drug-likeness (QED) is 0.634. The van der Waals surface area contributed by atoms with Crippen LogP contribution in [0.3, 0.4) is 0 Å². The number of aromatic nitrogens is 1. The SMILES string of the molecule is CC(C)(C)C(CCO)Nc1ncc(N)cc1C(N)=O. The van der Waals surface area contributed by atoms with Crippen molar-refractivity contribution in [3.63, 3.8) is 0 Å². The Morgan fingerprint density at radius 1 is 1.53 bits per heavy atom. The van der Waals surface area contributed by atoms with Gasteiger partial charge in [-0.3, -0.25) is 4.79 Å². The number of rotatable bonds is 5. The van der Waals surface area contributed by atoms with Crippen LogP contribution in [0.25, 0.3) is 0 Å². The molecule has 0 aliphatic heterocycles. The topological polar surface area (TPSA) is 114 Å². The lowest BCUT2D eigenvalue weighted by molar-refractivity contribution is 0.100. The highest BCUT2D eigenvalue weighted by molar-refractivity contribution is 5.98. The van der Waals surface area contributed by atoms with E-state index in [4.69, 9.17) is 16.6 Å². The van der Waals surface area contributed by atoms with Gasteiger partial charge in [-0.1, -0.05) is 20.8 Å². The minimum atomic E-state index is -0.584. The van der Waals surface area contributed by atoms with Crippen LogP contribution in [0.4, 0.5) is 11.5 Å². The van der Waals surface area contributed by atoms with Gasteiger partial charge in [-0.25, -0.2) is 4.98 Å². The fraction of sp³-hybridized carbons (Fsp3) is 0.538. The van der Waals surface area contributed by atoms with E-state index >= 15 is 0 Å². The third-order valence-corrected chi connectivity index (χ3v) is 2.95. The number of carbonyl (C=O) groups is 1. The first-order valence-electron chi connectivity index (χ1n) is 6.18. The van der Waals surface area contributed by atoms with E-state index in [0.717, 1.165) is 0 Å². The Kier molecular flexibility index (Phi) is 4.72. The fourth-order valence-electron chi connectivity index (χ4n) is 1.80. The minimum absolute atomic E-state index is 0.0354. The number of anilines is 2. The van der Waals surface area contributed by atoms with Crippen LogP contribution >= 0.6 is 0 Å². The molecule has 6 heteroatoms. The predicted molar refractivity (Wildman–Crippen MR) is 75.7 cm³/mol. The van der Waals surface area contributed by atoms with Crippen LogP contribution in [0.1, 0.15) is 37.6 Å². The number of hydrogen-bond donors (Lipinski definition) is 4. The maximum Gasteiger partial charge on any atom is 0.252 e. The highest BCUT2D eigenvalue weighted by Gasteiger charge is 2.25. The molecule has 106 valence electrons. The zero-order valence-corrected chi connectivity index (χ0v) is 11.6. The number of amides is 1. The monoisotopic (exact) mass is 266 g/mol. The second kappa shape index (κ2) is 5.88. The van der Waals surface area contributed by atoms with Gasteiger partial charge < -0.3 is 21.9 Å². The number of aliphatic hydroxyl groups is 1. The van der Waals surface area contributed by atoms with Crippen LogP contribution in [0.5, 0.6) is 0 Å². The molecule has 1 aromatic heterocycles. The maximum absolute atomic E-state index is 11.4. The summed E-state index contributed by atoms with van der Waals surface area (Å²) in [5.41, 5.74) is 11.5. The highest BCUT2D eigenvalue weighted by Crippen LogP contribution is 2.26. The molecular weight excluding hydrogens is 244 g/mol. The molecule has 19 heavy (non-hydrogen) atoms. The van der Waals surface area contributed by atoms with E-state index in [-0.39, 0.29) is 23.6 Å². The summed E-state index contributed by atoms with van der Waals surface area (Å²) in [5, 5.41) is 12.3. The van der Waals surface area contributed by atoms with Crippen molar-refractivity contribution in [2.45, 2.75) is 33.2 Å². The molecule has 1 atom stereocenters. The summed E-state index contributed by atoms with van der Waals surface area (Å²) in [7, 11) is 0. The Hall–Kier alpha value is -1.82. The van der Waals surface area contributed by atoms with E-state index in [9.17, 15) is 4.79 Å². The third-order valence-electron chi connectivity index (χ3n) is 2.95. The molecule has 6 N–H and O–H groups in total. The van der Waals surface area contributed by atoms with Gasteiger partial charge in [0.2, 0.25) is 0 Å². The van der Waals surface area contributed by atoms with Crippen LogP contribution in [-0.4, -0.2) is 28.6 Å². The van der Waals surface area contributed by atoms with Gasteiger partial charge in [-0.05, 0) is 17.9 Å². The first-order chi connectivity index (χ1) is 8.75. The molecular formula is C13H22N4O2. The highest BCUT2D eigenvalue weighted by atomic mass is 16.3. The number of pyridine rings is 1. The Balaban J connectivity index is 3.06. The fourth-order valence-corrected chi connectivity index (χ4v) is 1.80. The van der Waals surface area contributed by atoms with Crippen molar-refractivity contribution < 1.29 is 9.90 Å². The number of aliphatic hydroxyl groups excluding tert-OH is 1. The van der Waals surface area contributed by atoms with Gasteiger partial charge in [0, 0.05) is 12.6 Å². The van der Waals surface area contributed by atoms with Gasteiger partial charge in [0.25, 0.3) is 5.91 Å². The summed E-state index contributed by atoms with van der Waals surface area (Å²) >= 11 is 0. The molecule has 1 rings (SSSR count). The van der Waals surface area contributed by atoms with Crippen molar-refractivity contribution in [3.05, 3.63) is 17.8 Å². The van der Waals surface area contributed by atoms with E-state index in [1.807, 2.05) is 20.8 Å². The summed E-state index contributed by atoms with van der Waals surface area (Å²) in [5.74, 6) is -0.186. The second-order valence-electron chi connectivity index (χ2n) is 5.60. The van der Waals surface area contributed by atoms with Gasteiger partial charge in [0.15, 0.2) is 0 Å². The number of nitrogens with one attached hydrogen (secondary N) is 1. The molecule has 0 saturated carbocycles. The molecule has 1 heterocycles. The summed E-state index contributed by atoms with van der Waals surface area (Å²) in [6, 6.07) is 1.46. The number of nitrogens with two attached hydrogens (primary N) is 2. The molecule has 0 radical (unpaired) electrons. The molecule has 1 amide bonds. The van der Waals surface area contributed by atoms with E-state index in [0.29, 0.717) is 17.9 Å². The molecule has 0 aromatic carbocycles. The molecule has 0 saturated heterocycles. The normalized spacial score (nSPS) is 13.1. The lowest BCUT2D eigenvalue weighted by Gasteiger charge is -2.32. The average molecular weight is 266 g/mol. The molecule has 0 aliphatic rings. The van der Waals surface area contributed by atoms with Crippen molar-refractivity contribution in [2.75, 3.05) is 17.7 Å². The maximum atomic E-state index is 11.4. The van der Waals surface area contributed by atoms with E-state index in [2.05, 4.69) is 10.3 Å². The second-order valence-corrected chi connectivity index (χ2v) is 5.60. The zero-order valence-electron chi connectivity index (χ0n) is 11.6. The Morgan fingerprint density at radius 3 is 2.63 bits per heavy atom. The molecule has 0 bridgehead atoms. The third kappa shape index (κ3) is 4.10. The molecule has 0 spiro atoms. The van der Waals surface area contributed by atoms with E-state index < -0.39 is 5.91 Å². The molecule has 1 aromatic rings. The van der Waals surface area contributed by atoms with E-state index in [1.54, 1.807) is 0 Å². The lowest BCUT2D eigenvalue weighted by Crippen LogP contribution is -2.36. The smallest absolute Gasteiger partial charge is 0.252 e. The van der Waals surface area contributed by atoms with Gasteiger partial charge in [0.05, 0.1) is 17.4 Å². The Morgan fingerprint density at radius 2 is 2.16 bits per heavy atom. The summed E-state index contributed by atoms with van der Waals surface area (Å²) in [6.07, 6.45) is 2.02. The van der Waals surface area contributed by atoms with Gasteiger partial charge >= 0.3 is 0 Å². The summed E-state index contributed by atoms with van der Waals surface area (Å²) in [6.45, 7) is 6.18. The van der Waals surface area contributed by atoms with Crippen molar-refractivity contribution in [1.29, 1.82) is 0 Å². The first-order valence-corrected chi connectivity index (χ1v) is 6.18. The van der Waals surface area contributed by atoms with Crippen molar-refractivity contribution in [1.82, 2.24) is 4.98 Å². The largest absolute Gasteiger partial charge is 0.397 e. The van der Waals surface area contributed by atoms with Gasteiger partial charge in [-0.2, -0.15) is 0 Å². The molecule has 1 unspecified atom stereocenters. The van der Waals surface area contributed by atoms with Crippen molar-refractivity contribution >= 4 is 17.4 Å². The van der Waals surface area contributed by atoms with Crippen LogP contribution in [0.2, 0.25) is 0 Å². The van der Waals surface area contributed by atoms with Gasteiger partial charge in [0.1, 0.15) is 5.82 Å². The zero-order chi connectivity index (χ0) is 14.6. The average Bonchev–Trinajstić information content (AvgIpc) is 2.29. The number of nitrogen functional groups attached to an aromatic ring is 1. The summed E-state index contributed by atoms with van der Waals surface area (Å²) in [4.78, 5) is 15.5. The minimum Gasteiger partial charge on any atom is -0.397 e. The summed E-state index contributed by atoms with van der Waals surface area (Å²) < 4.78 is 0. The molecule has 0 fully saturated rings. The van der Waals surface area contributed by atoms with E-state index in [1.165, 1.54) is 12.3 Å². The Bertz CT molecular complexity index is 454. The van der Waals surface area contributed by atoms with Crippen LogP contribution in [0.15, 0.2) is 12.3 Å². The first kappa shape index (κ1) is 15.2. The van der Waals surface area contributed by atoms with Crippen LogP contribution < -0.4 is 16.8 Å². The lowest BCUT2D eigenvalue weighted by atomic mass is 9.85. The van der Waals surface area contributed by atoms with Crippen LogP contribution in [0, 0.1) is 5.41 Å². The van der Waals surface area contributed by atoms with Crippen LogP contribution in [-0.2, 0) is 0 Å². The standard InChI is InChI=1S/C13H22N4O2/c1-13(2,3)10(4-5-18)17-12-9(11(15)19)6-8(14)7-16-12/h6-7,10,18H,4-5,14H2,1-3H3,(H2,15,19)(H,16,17). The number of hydrogen-bond acceptors (Lipinski definition) is 5. The molecule has 6 nitrogen and oxygen atoms in total. The predicted octanol–water partition coefficient (Wildman–Crippen LogP) is 0.972. The van der Waals surface area contributed by atoms with Gasteiger partial charge in [-0.15, -0.1) is 0 Å². The number of carbonyl (C=O) groups excluding carboxylic acids is 1. The van der Waals surface area contributed by atoms with Crippen molar-refractivity contribution in [2.24, 2.45) is 11.1 Å². The number of nitrogens with zero attached hydrogens (tertiary/aromatic N) is 1. The molecule has 0 aliphatic carbocycles. The Labute approximate surface area is 113 Å².